The molecule has 1 N–H and O–H groups in total. The number of hydrogen-bond donors (Lipinski definition) is 1. The van der Waals surface area contributed by atoms with E-state index in [2.05, 4.69) is 49.7 Å². The number of benzene rings is 1. The van der Waals surface area contributed by atoms with Gasteiger partial charge in [-0.15, -0.1) is 0 Å². The lowest BCUT2D eigenvalue weighted by Gasteiger charge is -2.33. The monoisotopic (exact) mass is 307 g/mol. The van der Waals surface area contributed by atoms with Gasteiger partial charge in [0.15, 0.2) is 0 Å². The summed E-state index contributed by atoms with van der Waals surface area (Å²) in [5.41, 5.74) is 1.35. The molecular formula is C18H29NOS. The van der Waals surface area contributed by atoms with Crippen LogP contribution in [-0.2, 0) is 0 Å². The van der Waals surface area contributed by atoms with Crippen LogP contribution in [0.4, 0.5) is 0 Å². The molecule has 3 atom stereocenters. The van der Waals surface area contributed by atoms with Crippen molar-refractivity contribution >= 4 is 11.8 Å². The lowest BCUT2D eigenvalue weighted by molar-refractivity contribution is 0.317. The van der Waals surface area contributed by atoms with Crippen LogP contribution >= 0.6 is 11.8 Å². The van der Waals surface area contributed by atoms with E-state index in [1.165, 1.54) is 31.2 Å². The number of hydrogen-bond acceptors (Lipinski definition) is 3. The van der Waals surface area contributed by atoms with Gasteiger partial charge in [0.05, 0.1) is 6.61 Å². The molecule has 0 spiro atoms. The molecule has 0 radical (unpaired) electrons. The molecular weight excluding hydrogens is 278 g/mol. The first-order valence-electron chi connectivity index (χ1n) is 8.26. The van der Waals surface area contributed by atoms with Crippen LogP contribution in [0, 0.1) is 0 Å². The molecule has 0 heterocycles. The minimum Gasteiger partial charge on any atom is -0.494 e. The predicted octanol–water partition coefficient (Wildman–Crippen LogP) is 4.80. The van der Waals surface area contributed by atoms with Crippen LogP contribution in [0.25, 0.3) is 0 Å². The van der Waals surface area contributed by atoms with Gasteiger partial charge in [-0.2, -0.15) is 11.8 Å². The van der Waals surface area contributed by atoms with Crippen LogP contribution in [0.15, 0.2) is 24.3 Å². The normalized spacial score (nSPS) is 23.8. The Morgan fingerprint density at radius 1 is 1.24 bits per heavy atom. The molecule has 0 aliphatic heterocycles. The largest absolute Gasteiger partial charge is 0.494 e. The third kappa shape index (κ3) is 4.93. The second-order valence-corrected chi connectivity index (χ2v) is 7.05. The summed E-state index contributed by atoms with van der Waals surface area (Å²) in [4.78, 5) is 0. The van der Waals surface area contributed by atoms with Crippen molar-refractivity contribution in [3.8, 4) is 5.75 Å². The number of nitrogens with one attached hydrogen (secondary N) is 1. The number of rotatable bonds is 7. The van der Waals surface area contributed by atoms with E-state index >= 15 is 0 Å². The molecule has 1 aromatic carbocycles. The Bertz CT molecular complexity index is 406. The van der Waals surface area contributed by atoms with Crippen LogP contribution in [0.2, 0.25) is 0 Å². The van der Waals surface area contributed by atoms with Crippen molar-refractivity contribution in [3.05, 3.63) is 29.8 Å². The highest BCUT2D eigenvalue weighted by Crippen LogP contribution is 2.29. The van der Waals surface area contributed by atoms with Crippen molar-refractivity contribution in [3.63, 3.8) is 0 Å². The summed E-state index contributed by atoms with van der Waals surface area (Å²) in [6, 6.07) is 9.63. The van der Waals surface area contributed by atoms with Crippen LogP contribution in [0.5, 0.6) is 5.75 Å². The average Bonchev–Trinajstić information content (AvgIpc) is 2.54. The van der Waals surface area contributed by atoms with E-state index < -0.39 is 0 Å². The summed E-state index contributed by atoms with van der Waals surface area (Å²) in [7, 11) is 0. The Labute approximate surface area is 134 Å². The fourth-order valence-corrected chi connectivity index (χ4v) is 4.01. The van der Waals surface area contributed by atoms with Gasteiger partial charge in [-0.25, -0.2) is 0 Å². The van der Waals surface area contributed by atoms with Gasteiger partial charge in [0, 0.05) is 17.3 Å². The summed E-state index contributed by atoms with van der Waals surface area (Å²) < 4.78 is 5.65. The molecule has 1 aromatic rings. The van der Waals surface area contributed by atoms with Crippen molar-refractivity contribution in [2.75, 3.05) is 12.9 Å². The maximum absolute atomic E-state index is 5.65. The second-order valence-electron chi connectivity index (χ2n) is 5.97. The molecule has 0 saturated heterocycles. The SMILES string of the molecule is CCCOc1ccc(C(C)NC2CCCCC2SC)cc1. The Kier molecular flexibility index (Phi) is 6.91. The van der Waals surface area contributed by atoms with E-state index in [1.807, 2.05) is 11.8 Å². The first-order valence-corrected chi connectivity index (χ1v) is 9.55. The van der Waals surface area contributed by atoms with Gasteiger partial charge >= 0.3 is 0 Å². The van der Waals surface area contributed by atoms with E-state index in [0.717, 1.165) is 24.0 Å². The zero-order chi connectivity index (χ0) is 15.1. The predicted molar refractivity (Wildman–Crippen MR) is 93.3 cm³/mol. The molecule has 1 aliphatic carbocycles. The summed E-state index contributed by atoms with van der Waals surface area (Å²) in [6.07, 6.45) is 8.72. The molecule has 0 amide bonds. The van der Waals surface area contributed by atoms with Crippen molar-refractivity contribution < 1.29 is 4.74 Å². The highest BCUT2D eigenvalue weighted by molar-refractivity contribution is 7.99. The Morgan fingerprint density at radius 2 is 1.95 bits per heavy atom. The van der Waals surface area contributed by atoms with Gasteiger partial charge in [0.2, 0.25) is 0 Å². The third-order valence-corrected chi connectivity index (χ3v) is 5.49. The fourth-order valence-electron chi connectivity index (χ4n) is 3.06. The van der Waals surface area contributed by atoms with Crippen molar-refractivity contribution in [1.82, 2.24) is 5.32 Å². The zero-order valence-corrected chi connectivity index (χ0v) is 14.4. The lowest BCUT2D eigenvalue weighted by atomic mass is 9.93. The molecule has 1 fully saturated rings. The van der Waals surface area contributed by atoms with E-state index in [9.17, 15) is 0 Å². The maximum atomic E-state index is 5.65. The van der Waals surface area contributed by atoms with Gasteiger partial charge in [0.1, 0.15) is 5.75 Å². The van der Waals surface area contributed by atoms with Crippen LogP contribution in [0.1, 0.15) is 57.6 Å². The zero-order valence-electron chi connectivity index (χ0n) is 13.6. The van der Waals surface area contributed by atoms with E-state index in [4.69, 9.17) is 4.74 Å². The minimum absolute atomic E-state index is 0.406. The molecule has 2 nitrogen and oxygen atoms in total. The molecule has 2 rings (SSSR count). The lowest BCUT2D eigenvalue weighted by Crippen LogP contribution is -2.41. The highest BCUT2D eigenvalue weighted by atomic mass is 32.2. The molecule has 0 bridgehead atoms. The van der Waals surface area contributed by atoms with Crippen LogP contribution < -0.4 is 10.1 Å². The topological polar surface area (TPSA) is 21.3 Å². The van der Waals surface area contributed by atoms with Gasteiger partial charge in [-0.05, 0) is 50.1 Å². The summed E-state index contributed by atoms with van der Waals surface area (Å²) in [5.74, 6) is 0.979. The maximum Gasteiger partial charge on any atom is 0.119 e. The van der Waals surface area contributed by atoms with Crippen molar-refractivity contribution in [1.29, 1.82) is 0 Å². The summed E-state index contributed by atoms with van der Waals surface area (Å²) in [6.45, 7) is 5.20. The van der Waals surface area contributed by atoms with Crippen LogP contribution in [0.3, 0.4) is 0 Å². The number of ether oxygens (including phenoxy) is 1. The molecule has 0 aromatic heterocycles. The summed E-state index contributed by atoms with van der Waals surface area (Å²) in [5, 5.41) is 4.61. The third-order valence-electron chi connectivity index (χ3n) is 4.32. The summed E-state index contributed by atoms with van der Waals surface area (Å²) >= 11 is 2.02. The van der Waals surface area contributed by atoms with Crippen molar-refractivity contribution in [2.24, 2.45) is 0 Å². The molecule has 21 heavy (non-hydrogen) atoms. The number of thioether (sulfide) groups is 1. The Hall–Kier alpha value is -0.670. The first-order chi connectivity index (χ1) is 10.2. The quantitative estimate of drug-likeness (QED) is 0.782. The molecule has 1 saturated carbocycles. The molecule has 1 aliphatic rings. The Balaban J connectivity index is 1.91. The molecule has 3 heteroatoms. The van der Waals surface area contributed by atoms with Gasteiger partial charge in [-0.3, -0.25) is 0 Å². The smallest absolute Gasteiger partial charge is 0.119 e. The highest BCUT2D eigenvalue weighted by Gasteiger charge is 2.25. The average molecular weight is 308 g/mol. The van der Waals surface area contributed by atoms with E-state index in [-0.39, 0.29) is 0 Å². The molecule has 118 valence electrons. The fraction of sp³-hybridized carbons (Fsp3) is 0.667. The van der Waals surface area contributed by atoms with E-state index in [1.54, 1.807) is 0 Å². The van der Waals surface area contributed by atoms with Crippen LogP contribution in [-0.4, -0.2) is 24.2 Å². The minimum atomic E-state index is 0.406. The molecule has 3 unspecified atom stereocenters. The first kappa shape index (κ1) is 16.7. The second kappa shape index (κ2) is 8.70. The van der Waals surface area contributed by atoms with Crippen molar-refractivity contribution in [2.45, 2.75) is 63.3 Å². The Morgan fingerprint density at radius 3 is 2.62 bits per heavy atom. The van der Waals surface area contributed by atoms with Gasteiger partial charge < -0.3 is 10.1 Å². The standard InChI is InChI=1S/C18H29NOS/c1-4-13-20-16-11-9-15(10-12-16)14(2)19-17-7-5-6-8-18(17)21-3/h9-12,14,17-19H,4-8,13H2,1-3H3. The van der Waals surface area contributed by atoms with Gasteiger partial charge in [0.25, 0.3) is 0 Å². The van der Waals surface area contributed by atoms with Gasteiger partial charge in [-0.1, -0.05) is 31.9 Å². The van der Waals surface area contributed by atoms with E-state index in [0.29, 0.717) is 12.1 Å².